The number of rotatable bonds is 2. The molecule has 1 rings (SSSR count). The van der Waals surface area contributed by atoms with E-state index < -0.39 is 10.0 Å². The highest BCUT2D eigenvalue weighted by Crippen LogP contribution is 1.96. The first-order valence-electron chi connectivity index (χ1n) is 3.20. The second kappa shape index (κ2) is 3.46. The third-order valence-corrected chi connectivity index (χ3v) is 1.63. The van der Waals surface area contributed by atoms with Gasteiger partial charge in [-0.3, -0.25) is 4.98 Å². The average molecular weight is 184 g/mol. The van der Waals surface area contributed by atoms with Crippen LogP contribution in [0.3, 0.4) is 0 Å². The normalized spacial score (nSPS) is 12.1. The maximum Gasteiger partial charge on any atom is 0.231 e. The predicted octanol–water partition coefficient (Wildman–Crippen LogP) is 0.341. The third-order valence-electron chi connectivity index (χ3n) is 1.12. The lowest BCUT2D eigenvalue weighted by atomic mass is 10.3. The zero-order valence-corrected chi connectivity index (χ0v) is 7.03. The number of nitrogens with two attached hydrogens (primary N) is 1. The molecular weight excluding hydrogens is 176 g/mol. The smallest absolute Gasteiger partial charge is 0.231 e. The van der Waals surface area contributed by atoms with Gasteiger partial charge >= 0.3 is 0 Å². The van der Waals surface area contributed by atoms with E-state index in [1.807, 2.05) is 0 Å². The molecule has 1 aromatic heterocycles. The van der Waals surface area contributed by atoms with Gasteiger partial charge in [0, 0.05) is 11.6 Å². The van der Waals surface area contributed by atoms with E-state index in [1.54, 1.807) is 24.4 Å². The molecule has 64 valence electrons. The Morgan fingerprint density at radius 3 is 2.67 bits per heavy atom. The van der Waals surface area contributed by atoms with Gasteiger partial charge in [-0.2, -0.15) is 0 Å². The Morgan fingerprint density at radius 1 is 1.42 bits per heavy atom. The molecule has 0 aliphatic rings. The van der Waals surface area contributed by atoms with Crippen LogP contribution in [0.25, 0.3) is 6.08 Å². The standard InChI is InChI=1S/C7H8N2O2S/c8-12(10,11)6-4-7-3-1-2-5-9-7/h1-6H,(H2,8,10,11). The molecule has 4 nitrogen and oxygen atoms in total. The van der Waals surface area contributed by atoms with Crippen molar-refractivity contribution in [1.82, 2.24) is 4.98 Å². The summed E-state index contributed by atoms with van der Waals surface area (Å²) >= 11 is 0. The van der Waals surface area contributed by atoms with Crippen molar-refractivity contribution < 1.29 is 8.42 Å². The summed E-state index contributed by atoms with van der Waals surface area (Å²) in [6, 6.07) is 5.19. The molecule has 1 heterocycles. The highest BCUT2D eigenvalue weighted by atomic mass is 32.2. The minimum Gasteiger partial charge on any atom is -0.257 e. The van der Waals surface area contributed by atoms with E-state index in [0.29, 0.717) is 5.69 Å². The highest BCUT2D eigenvalue weighted by molar-refractivity contribution is 7.92. The molecule has 0 saturated heterocycles. The summed E-state index contributed by atoms with van der Waals surface area (Å²) in [7, 11) is -3.54. The molecular formula is C7H8N2O2S. The van der Waals surface area contributed by atoms with Crippen LogP contribution in [0, 0.1) is 0 Å². The molecule has 1 aromatic rings. The fourth-order valence-corrected chi connectivity index (χ4v) is 0.968. The molecule has 2 N–H and O–H groups in total. The van der Waals surface area contributed by atoms with Crippen molar-refractivity contribution in [3.05, 3.63) is 35.5 Å². The van der Waals surface area contributed by atoms with Gasteiger partial charge in [-0.1, -0.05) is 6.07 Å². The molecule has 0 fully saturated rings. The lowest BCUT2D eigenvalue weighted by Crippen LogP contribution is -2.06. The Bertz CT molecular complexity index is 370. The SMILES string of the molecule is NS(=O)(=O)C=Cc1ccccn1. The van der Waals surface area contributed by atoms with Crippen LogP contribution in [-0.4, -0.2) is 13.4 Å². The lowest BCUT2D eigenvalue weighted by molar-refractivity contribution is 0.606. The van der Waals surface area contributed by atoms with Gasteiger partial charge in [0.1, 0.15) is 0 Å². The summed E-state index contributed by atoms with van der Waals surface area (Å²) in [6.45, 7) is 0. The number of hydrogen-bond acceptors (Lipinski definition) is 3. The van der Waals surface area contributed by atoms with Crippen molar-refractivity contribution in [2.45, 2.75) is 0 Å². The van der Waals surface area contributed by atoms with Crippen molar-refractivity contribution in [2.24, 2.45) is 5.14 Å². The van der Waals surface area contributed by atoms with Crippen LogP contribution in [0.2, 0.25) is 0 Å². The van der Waals surface area contributed by atoms with Crippen molar-refractivity contribution in [2.75, 3.05) is 0 Å². The van der Waals surface area contributed by atoms with Gasteiger partial charge in [0.15, 0.2) is 0 Å². The van der Waals surface area contributed by atoms with Gasteiger partial charge in [0.2, 0.25) is 10.0 Å². The van der Waals surface area contributed by atoms with E-state index in [4.69, 9.17) is 5.14 Å². The molecule has 0 amide bonds. The molecule has 0 bridgehead atoms. The van der Waals surface area contributed by atoms with Gasteiger partial charge in [-0.05, 0) is 18.2 Å². The van der Waals surface area contributed by atoms with Crippen molar-refractivity contribution >= 4 is 16.1 Å². The quantitative estimate of drug-likeness (QED) is 0.720. The van der Waals surface area contributed by atoms with Gasteiger partial charge in [-0.15, -0.1) is 0 Å². The Labute approximate surface area is 70.8 Å². The highest BCUT2D eigenvalue weighted by Gasteiger charge is 1.92. The van der Waals surface area contributed by atoms with Gasteiger partial charge in [-0.25, -0.2) is 13.6 Å². The topological polar surface area (TPSA) is 73.1 Å². The van der Waals surface area contributed by atoms with E-state index >= 15 is 0 Å². The Kier molecular flexibility index (Phi) is 2.57. The maximum absolute atomic E-state index is 10.5. The predicted molar refractivity (Wildman–Crippen MR) is 46.4 cm³/mol. The van der Waals surface area contributed by atoms with Crippen molar-refractivity contribution in [3.8, 4) is 0 Å². The van der Waals surface area contributed by atoms with Crippen LogP contribution in [0.1, 0.15) is 5.69 Å². The number of hydrogen-bond donors (Lipinski definition) is 1. The van der Waals surface area contributed by atoms with Crippen LogP contribution < -0.4 is 5.14 Å². The molecule has 0 unspecified atom stereocenters. The van der Waals surface area contributed by atoms with E-state index in [-0.39, 0.29) is 0 Å². The number of sulfonamides is 1. The summed E-state index contributed by atoms with van der Waals surface area (Å²) in [5, 5.41) is 5.65. The van der Waals surface area contributed by atoms with Crippen LogP contribution in [0.5, 0.6) is 0 Å². The summed E-state index contributed by atoms with van der Waals surface area (Å²) in [6.07, 6.45) is 2.91. The molecule has 0 aromatic carbocycles. The Balaban J connectivity index is 2.85. The summed E-state index contributed by atoms with van der Waals surface area (Å²) in [4.78, 5) is 3.88. The fourth-order valence-electron chi connectivity index (χ4n) is 0.639. The summed E-state index contributed by atoms with van der Waals surface area (Å²) in [5.74, 6) is 0. The molecule has 5 heteroatoms. The molecule has 12 heavy (non-hydrogen) atoms. The number of pyridine rings is 1. The average Bonchev–Trinajstić information content (AvgIpc) is 2.02. The second-order valence-corrected chi connectivity index (χ2v) is 3.60. The first-order chi connectivity index (χ1) is 5.58. The van der Waals surface area contributed by atoms with Crippen LogP contribution in [-0.2, 0) is 10.0 Å². The molecule has 0 atom stereocenters. The molecule has 0 aliphatic carbocycles. The third kappa shape index (κ3) is 3.27. The largest absolute Gasteiger partial charge is 0.257 e. The van der Waals surface area contributed by atoms with Crippen LogP contribution in [0.15, 0.2) is 29.8 Å². The Morgan fingerprint density at radius 2 is 2.17 bits per heavy atom. The zero-order chi connectivity index (χ0) is 9.03. The molecule has 0 saturated carbocycles. The molecule has 0 spiro atoms. The Hall–Kier alpha value is -1.20. The van der Waals surface area contributed by atoms with Crippen molar-refractivity contribution in [1.29, 1.82) is 0 Å². The fraction of sp³-hybridized carbons (Fsp3) is 0. The van der Waals surface area contributed by atoms with E-state index in [2.05, 4.69) is 4.98 Å². The molecule has 0 aliphatic heterocycles. The first kappa shape index (κ1) is 8.89. The molecule has 0 radical (unpaired) electrons. The minimum absolute atomic E-state index is 0.562. The monoisotopic (exact) mass is 184 g/mol. The number of nitrogens with zero attached hydrogens (tertiary/aromatic N) is 1. The van der Waals surface area contributed by atoms with Gasteiger partial charge < -0.3 is 0 Å². The van der Waals surface area contributed by atoms with E-state index in [0.717, 1.165) is 5.41 Å². The van der Waals surface area contributed by atoms with E-state index in [9.17, 15) is 8.42 Å². The van der Waals surface area contributed by atoms with Crippen molar-refractivity contribution in [3.63, 3.8) is 0 Å². The van der Waals surface area contributed by atoms with Gasteiger partial charge in [0.25, 0.3) is 0 Å². The zero-order valence-electron chi connectivity index (χ0n) is 6.21. The lowest BCUT2D eigenvalue weighted by Gasteiger charge is -1.88. The number of primary sulfonamides is 1. The number of aromatic nitrogens is 1. The second-order valence-electron chi connectivity index (χ2n) is 2.15. The minimum atomic E-state index is -3.54. The summed E-state index contributed by atoms with van der Waals surface area (Å²) < 4.78 is 20.9. The summed E-state index contributed by atoms with van der Waals surface area (Å²) in [5.41, 5.74) is 0.562. The van der Waals surface area contributed by atoms with Crippen LogP contribution >= 0.6 is 0 Å². The first-order valence-corrected chi connectivity index (χ1v) is 4.81. The van der Waals surface area contributed by atoms with Crippen LogP contribution in [0.4, 0.5) is 0 Å². The van der Waals surface area contributed by atoms with Gasteiger partial charge in [0.05, 0.1) is 5.69 Å². The maximum atomic E-state index is 10.5. The van der Waals surface area contributed by atoms with E-state index in [1.165, 1.54) is 6.08 Å².